The molecule has 0 amide bonds. The van der Waals surface area contributed by atoms with Crippen LogP contribution in [0.15, 0.2) is 12.1 Å². The molecule has 6 heteroatoms. The van der Waals surface area contributed by atoms with Crippen LogP contribution in [-0.4, -0.2) is 22.2 Å². The summed E-state index contributed by atoms with van der Waals surface area (Å²) in [5.74, 6) is 0. The highest BCUT2D eigenvalue weighted by Gasteiger charge is 2.33. The van der Waals surface area contributed by atoms with Gasteiger partial charge < -0.3 is 10.4 Å². The topological polar surface area (TPSA) is 45.2 Å². The minimum absolute atomic E-state index is 0.0837. The lowest BCUT2D eigenvalue weighted by Gasteiger charge is -2.32. The number of nitrogens with zero attached hydrogens (tertiary/aromatic N) is 1. The lowest BCUT2D eigenvalue weighted by atomic mass is 9.89. The zero-order valence-corrected chi connectivity index (χ0v) is 10.7. The summed E-state index contributed by atoms with van der Waals surface area (Å²) >= 11 is 0. The van der Waals surface area contributed by atoms with Gasteiger partial charge in [-0.15, -0.1) is 0 Å². The van der Waals surface area contributed by atoms with Gasteiger partial charge >= 0.3 is 6.18 Å². The van der Waals surface area contributed by atoms with E-state index >= 15 is 0 Å². The highest BCUT2D eigenvalue weighted by Crippen LogP contribution is 2.31. The van der Waals surface area contributed by atoms with E-state index < -0.39 is 11.7 Å². The predicted molar refractivity (Wildman–Crippen MR) is 64.5 cm³/mol. The molecule has 1 aromatic heterocycles. The predicted octanol–water partition coefficient (Wildman–Crippen LogP) is 2.28. The Labute approximate surface area is 109 Å². The summed E-state index contributed by atoms with van der Waals surface area (Å²) < 4.78 is 38.1. The first-order valence-corrected chi connectivity index (χ1v) is 6.37. The van der Waals surface area contributed by atoms with Gasteiger partial charge in [0.25, 0.3) is 0 Å². The molecule has 0 atom stereocenters. The molecule has 1 aliphatic carbocycles. The molecule has 2 rings (SSSR count). The molecule has 1 saturated carbocycles. The fourth-order valence-corrected chi connectivity index (χ4v) is 2.18. The molecule has 1 aliphatic rings. The Morgan fingerprint density at radius 1 is 1.37 bits per heavy atom. The molecule has 1 heterocycles. The lowest BCUT2D eigenvalue weighted by Crippen LogP contribution is -2.43. The van der Waals surface area contributed by atoms with Crippen molar-refractivity contribution < 1.29 is 18.3 Å². The first-order valence-electron chi connectivity index (χ1n) is 6.37. The molecule has 0 aromatic carbocycles. The molecule has 0 bridgehead atoms. The monoisotopic (exact) mass is 274 g/mol. The number of nitrogens with one attached hydrogen (secondary N) is 1. The van der Waals surface area contributed by atoms with Gasteiger partial charge in [-0.05, 0) is 31.4 Å². The molecule has 0 spiro atoms. The lowest BCUT2D eigenvalue weighted by molar-refractivity contribution is -0.138. The fraction of sp³-hybridized carbons (Fsp3) is 0.615. The number of aryl methyl sites for hydroxylation is 1. The van der Waals surface area contributed by atoms with Gasteiger partial charge in [0.2, 0.25) is 0 Å². The summed E-state index contributed by atoms with van der Waals surface area (Å²) in [5, 5.41) is 12.3. The van der Waals surface area contributed by atoms with E-state index in [1.165, 1.54) is 6.07 Å². The number of aromatic nitrogens is 1. The third-order valence-electron chi connectivity index (χ3n) is 3.36. The normalized spacial score (nSPS) is 23.2. The van der Waals surface area contributed by atoms with Crippen molar-refractivity contribution in [1.82, 2.24) is 10.3 Å². The van der Waals surface area contributed by atoms with Crippen LogP contribution in [0.1, 0.15) is 36.7 Å². The third-order valence-corrected chi connectivity index (χ3v) is 3.36. The smallest absolute Gasteiger partial charge is 0.393 e. The van der Waals surface area contributed by atoms with E-state index in [-0.39, 0.29) is 24.3 Å². The molecular weight excluding hydrogens is 257 g/mol. The Bertz CT molecular complexity index is 442. The third kappa shape index (κ3) is 3.45. The zero-order chi connectivity index (χ0) is 14.0. The van der Waals surface area contributed by atoms with Gasteiger partial charge in [-0.3, -0.25) is 4.98 Å². The van der Waals surface area contributed by atoms with Crippen LogP contribution < -0.4 is 5.32 Å². The van der Waals surface area contributed by atoms with Gasteiger partial charge in [0.1, 0.15) is 0 Å². The Kier molecular flexibility index (Phi) is 4.10. The minimum atomic E-state index is -4.34. The summed E-state index contributed by atoms with van der Waals surface area (Å²) in [4.78, 5) is 4.06. The van der Waals surface area contributed by atoms with Crippen molar-refractivity contribution in [2.45, 2.75) is 51.1 Å². The van der Waals surface area contributed by atoms with Crippen molar-refractivity contribution in [3.8, 4) is 0 Å². The molecule has 1 aromatic rings. The van der Waals surface area contributed by atoms with Crippen molar-refractivity contribution >= 4 is 0 Å². The zero-order valence-electron chi connectivity index (χ0n) is 10.7. The molecule has 2 N–H and O–H groups in total. The van der Waals surface area contributed by atoms with Crippen LogP contribution in [0.2, 0.25) is 0 Å². The maximum absolute atomic E-state index is 12.7. The van der Waals surface area contributed by atoms with Crippen molar-refractivity contribution in [3.63, 3.8) is 0 Å². The molecule has 0 aliphatic heterocycles. The van der Waals surface area contributed by atoms with E-state index in [0.29, 0.717) is 25.1 Å². The largest absolute Gasteiger partial charge is 0.418 e. The van der Waals surface area contributed by atoms with Crippen LogP contribution in [0.25, 0.3) is 0 Å². The van der Waals surface area contributed by atoms with E-state index in [1.807, 2.05) is 0 Å². The van der Waals surface area contributed by atoms with Gasteiger partial charge in [-0.1, -0.05) is 6.92 Å². The van der Waals surface area contributed by atoms with Crippen LogP contribution >= 0.6 is 0 Å². The summed E-state index contributed by atoms with van der Waals surface area (Å²) in [6.07, 6.45) is -2.94. The quantitative estimate of drug-likeness (QED) is 0.885. The average molecular weight is 274 g/mol. The molecular formula is C13H17F3N2O. The van der Waals surface area contributed by atoms with Crippen LogP contribution in [0, 0.1) is 0 Å². The Balaban J connectivity index is 2.02. The van der Waals surface area contributed by atoms with Gasteiger partial charge in [0.15, 0.2) is 0 Å². The SMILES string of the molecule is CCc1nc(CNC2CC(O)C2)ccc1C(F)(F)F. The molecule has 0 saturated heterocycles. The van der Waals surface area contributed by atoms with E-state index in [0.717, 1.165) is 6.07 Å². The first-order chi connectivity index (χ1) is 8.90. The number of aliphatic hydroxyl groups excluding tert-OH is 1. The highest BCUT2D eigenvalue weighted by atomic mass is 19.4. The standard InChI is InChI=1S/C13H17F3N2O/c1-2-12-11(13(14,15)16)4-3-8(18-12)7-17-9-5-10(19)6-9/h3-4,9-10,17,19H,2,5-7H2,1H3. The van der Waals surface area contributed by atoms with Crippen LogP contribution in [0.4, 0.5) is 13.2 Å². The number of pyridine rings is 1. The number of aliphatic hydroxyl groups is 1. The summed E-state index contributed by atoms with van der Waals surface area (Å²) in [6.45, 7) is 2.10. The van der Waals surface area contributed by atoms with E-state index in [9.17, 15) is 13.2 Å². The second kappa shape index (κ2) is 5.46. The Morgan fingerprint density at radius 3 is 2.58 bits per heavy atom. The second-order valence-electron chi connectivity index (χ2n) is 4.85. The number of hydrogen-bond acceptors (Lipinski definition) is 3. The molecule has 0 radical (unpaired) electrons. The van der Waals surface area contributed by atoms with Gasteiger partial charge in [0, 0.05) is 12.6 Å². The van der Waals surface area contributed by atoms with E-state index in [1.54, 1.807) is 6.92 Å². The van der Waals surface area contributed by atoms with Gasteiger partial charge in [0.05, 0.1) is 23.1 Å². The van der Waals surface area contributed by atoms with Crippen LogP contribution in [0.5, 0.6) is 0 Å². The van der Waals surface area contributed by atoms with Crippen LogP contribution in [-0.2, 0) is 19.1 Å². The van der Waals surface area contributed by atoms with E-state index in [4.69, 9.17) is 5.11 Å². The minimum Gasteiger partial charge on any atom is -0.393 e. The summed E-state index contributed by atoms with van der Waals surface area (Å²) in [6, 6.07) is 2.74. The second-order valence-corrected chi connectivity index (χ2v) is 4.85. The van der Waals surface area contributed by atoms with Crippen molar-refractivity contribution in [2.75, 3.05) is 0 Å². The summed E-state index contributed by atoms with van der Waals surface area (Å²) in [5.41, 5.74) is 0.0319. The maximum atomic E-state index is 12.7. The molecule has 1 fully saturated rings. The van der Waals surface area contributed by atoms with Crippen LogP contribution in [0.3, 0.4) is 0 Å². The van der Waals surface area contributed by atoms with Crippen molar-refractivity contribution in [3.05, 3.63) is 29.1 Å². The number of rotatable bonds is 4. The average Bonchev–Trinajstić information content (AvgIpc) is 2.31. The molecule has 3 nitrogen and oxygen atoms in total. The maximum Gasteiger partial charge on any atom is 0.418 e. The molecule has 0 unspecified atom stereocenters. The molecule has 106 valence electrons. The Hall–Kier alpha value is -1.14. The Morgan fingerprint density at radius 2 is 2.05 bits per heavy atom. The molecule has 19 heavy (non-hydrogen) atoms. The number of alkyl halides is 3. The summed E-state index contributed by atoms with van der Waals surface area (Å²) in [7, 11) is 0. The van der Waals surface area contributed by atoms with Gasteiger partial charge in [-0.25, -0.2) is 0 Å². The number of halogens is 3. The van der Waals surface area contributed by atoms with Gasteiger partial charge in [-0.2, -0.15) is 13.2 Å². The van der Waals surface area contributed by atoms with Crippen molar-refractivity contribution in [2.24, 2.45) is 0 Å². The number of hydrogen-bond donors (Lipinski definition) is 2. The van der Waals surface area contributed by atoms with Crippen molar-refractivity contribution in [1.29, 1.82) is 0 Å². The highest BCUT2D eigenvalue weighted by molar-refractivity contribution is 5.26. The fourth-order valence-electron chi connectivity index (χ4n) is 2.18. The van der Waals surface area contributed by atoms with E-state index in [2.05, 4.69) is 10.3 Å². The first kappa shape index (κ1) is 14.3.